The molecule has 0 aliphatic carbocycles. The van der Waals surface area contributed by atoms with Gasteiger partial charge in [0, 0.05) is 18.1 Å². The fraction of sp³-hybridized carbons (Fsp3) is 1.00. The van der Waals surface area contributed by atoms with Crippen molar-refractivity contribution in [3.8, 4) is 0 Å². The summed E-state index contributed by atoms with van der Waals surface area (Å²) in [5.41, 5.74) is -0.406. The summed E-state index contributed by atoms with van der Waals surface area (Å²) in [4.78, 5) is 0. The Labute approximate surface area is 111 Å². The molecule has 0 spiro atoms. The van der Waals surface area contributed by atoms with Crippen LogP contribution in [0.5, 0.6) is 0 Å². The highest BCUT2D eigenvalue weighted by Gasteiger charge is 2.35. The second-order valence-electron chi connectivity index (χ2n) is 5.32. The maximum atomic E-state index is 12.4. The third-order valence-corrected chi connectivity index (χ3v) is 5.88. The second kappa shape index (κ2) is 6.32. The van der Waals surface area contributed by atoms with E-state index in [-0.39, 0.29) is 12.6 Å². The van der Waals surface area contributed by atoms with E-state index >= 15 is 0 Å². The number of hydrogen-bond donors (Lipinski definition) is 2. The molecule has 6 heteroatoms. The monoisotopic (exact) mass is 278 g/mol. The van der Waals surface area contributed by atoms with Gasteiger partial charge >= 0.3 is 0 Å². The van der Waals surface area contributed by atoms with Crippen LogP contribution >= 0.6 is 0 Å². The molecule has 0 saturated carbocycles. The van der Waals surface area contributed by atoms with Crippen molar-refractivity contribution in [2.24, 2.45) is 0 Å². The molecule has 5 nitrogen and oxygen atoms in total. The molecule has 1 saturated heterocycles. The van der Waals surface area contributed by atoms with E-state index < -0.39 is 15.7 Å². The zero-order chi connectivity index (χ0) is 13.8. The fourth-order valence-corrected chi connectivity index (χ4v) is 4.20. The number of hydrogen-bond acceptors (Lipinski definition) is 3. The Morgan fingerprint density at radius 1 is 1.33 bits per heavy atom. The van der Waals surface area contributed by atoms with Crippen LogP contribution in [-0.2, 0) is 10.2 Å². The molecule has 108 valence electrons. The lowest BCUT2D eigenvalue weighted by Crippen LogP contribution is -2.56. The number of nitrogens with one attached hydrogen (secondary N) is 1. The van der Waals surface area contributed by atoms with Gasteiger partial charge in [-0.05, 0) is 32.6 Å². The van der Waals surface area contributed by atoms with Gasteiger partial charge in [0.1, 0.15) is 0 Å². The molecule has 0 radical (unpaired) electrons. The van der Waals surface area contributed by atoms with Crippen molar-refractivity contribution in [3.05, 3.63) is 0 Å². The summed E-state index contributed by atoms with van der Waals surface area (Å²) in [6.45, 7) is 6.28. The van der Waals surface area contributed by atoms with Crippen molar-refractivity contribution in [2.75, 3.05) is 13.2 Å². The first-order chi connectivity index (χ1) is 8.38. The summed E-state index contributed by atoms with van der Waals surface area (Å²) in [5, 5.41) is 9.30. The maximum Gasteiger partial charge on any atom is 0.280 e. The Morgan fingerprint density at radius 3 is 2.44 bits per heavy atom. The minimum absolute atomic E-state index is 0.101. The Kier molecular flexibility index (Phi) is 5.58. The molecule has 1 rings (SSSR count). The smallest absolute Gasteiger partial charge is 0.280 e. The minimum Gasteiger partial charge on any atom is -0.395 e. The van der Waals surface area contributed by atoms with Crippen LogP contribution in [0.1, 0.15) is 52.9 Å². The highest BCUT2D eigenvalue weighted by atomic mass is 32.2. The molecule has 1 aliphatic heterocycles. The van der Waals surface area contributed by atoms with Crippen molar-refractivity contribution in [2.45, 2.75) is 64.5 Å². The zero-order valence-corrected chi connectivity index (χ0v) is 12.5. The van der Waals surface area contributed by atoms with Crippen LogP contribution in [0.2, 0.25) is 0 Å². The van der Waals surface area contributed by atoms with Crippen molar-refractivity contribution in [3.63, 3.8) is 0 Å². The van der Waals surface area contributed by atoms with Gasteiger partial charge in [-0.25, -0.2) is 0 Å². The van der Waals surface area contributed by atoms with Crippen molar-refractivity contribution >= 4 is 10.2 Å². The number of rotatable bonds is 6. The predicted molar refractivity (Wildman–Crippen MR) is 72.5 cm³/mol. The van der Waals surface area contributed by atoms with Gasteiger partial charge < -0.3 is 5.11 Å². The Morgan fingerprint density at radius 2 is 1.94 bits per heavy atom. The largest absolute Gasteiger partial charge is 0.395 e. The fourth-order valence-electron chi connectivity index (χ4n) is 2.24. The molecule has 1 heterocycles. The van der Waals surface area contributed by atoms with E-state index in [0.717, 1.165) is 32.1 Å². The third kappa shape index (κ3) is 3.66. The van der Waals surface area contributed by atoms with Crippen molar-refractivity contribution in [1.29, 1.82) is 0 Å². The molecular weight excluding hydrogens is 252 g/mol. The lowest BCUT2D eigenvalue weighted by Gasteiger charge is -2.37. The van der Waals surface area contributed by atoms with Gasteiger partial charge in [0.25, 0.3) is 10.2 Å². The molecule has 0 aromatic heterocycles. The Bertz CT molecular complexity index is 352. The molecule has 0 bridgehead atoms. The average Bonchev–Trinajstić information content (AvgIpc) is 2.38. The van der Waals surface area contributed by atoms with E-state index in [2.05, 4.69) is 4.72 Å². The van der Waals surface area contributed by atoms with Crippen molar-refractivity contribution in [1.82, 2.24) is 9.03 Å². The summed E-state index contributed by atoms with van der Waals surface area (Å²) in [5.74, 6) is 0. The highest BCUT2D eigenvalue weighted by Crippen LogP contribution is 2.22. The summed E-state index contributed by atoms with van der Waals surface area (Å²) < 4.78 is 29.0. The van der Waals surface area contributed by atoms with Crippen LogP contribution in [0.25, 0.3) is 0 Å². The lowest BCUT2D eigenvalue weighted by atomic mass is 9.98. The summed E-state index contributed by atoms with van der Waals surface area (Å²) in [7, 11) is -3.50. The zero-order valence-electron chi connectivity index (χ0n) is 11.6. The maximum absolute atomic E-state index is 12.4. The summed E-state index contributed by atoms with van der Waals surface area (Å²) in [6.07, 6.45) is 4.09. The summed E-state index contributed by atoms with van der Waals surface area (Å²) >= 11 is 0. The molecule has 18 heavy (non-hydrogen) atoms. The van der Waals surface area contributed by atoms with Gasteiger partial charge in [-0.1, -0.05) is 20.3 Å². The molecule has 1 atom stereocenters. The molecule has 0 amide bonds. The van der Waals surface area contributed by atoms with Gasteiger partial charge in [-0.3, -0.25) is 0 Å². The van der Waals surface area contributed by atoms with Gasteiger partial charge in [0.15, 0.2) is 0 Å². The van der Waals surface area contributed by atoms with Gasteiger partial charge in [0.05, 0.1) is 6.61 Å². The summed E-state index contributed by atoms with van der Waals surface area (Å²) in [6, 6.07) is -0.269. The topological polar surface area (TPSA) is 69.6 Å². The first-order valence-corrected chi connectivity index (χ1v) is 8.24. The van der Waals surface area contributed by atoms with E-state index in [4.69, 9.17) is 0 Å². The molecule has 1 fully saturated rings. The predicted octanol–water partition coefficient (Wildman–Crippen LogP) is 1.25. The van der Waals surface area contributed by atoms with Crippen LogP contribution < -0.4 is 4.72 Å². The molecule has 0 aromatic rings. The Hall–Kier alpha value is -0.170. The third-order valence-electron chi connectivity index (χ3n) is 4.03. The van der Waals surface area contributed by atoms with Crippen LogP contribution in [0.4, 0.5) is 0 Å². The average molecular weight is 278 g/mol. The SMILES string of the molecule is CCC(C)(CC)NS(=O)(=O)N1CCCCC1CO. The van der Waals surface area contributed by atoms with Crippen LogP contribution in [-0.4, -0.2) is 42.6 Å². The van der Waals surface area contributed by atoms with Crippen LogP contribution in [0, 0.1) is 0 Å². The first-order valence-electron chi connectivity index (χ1n) is 6.80. The number of piperidine rings is 1. The molecule has 1 aliphatic rings. The number of aliphatic hydroxyl groups excluding tert-OH is 1. The van der Waals surface area contributed by atoms with E-state index in [1.807, 2.05) is 20.8 Å². The van der Waals surface area contributed by atoms with Gasteiger partial charge in [0.2, 0.25) is 0 Å². The first kappa shape index (κ1) is 15.9. The number of aliphatic hydroxyl groups is 1. The molecule has 2 N–H and O–H groups in total. The molecule has 0 aromatic carbocycles. The quantitative estimate of drug-likeness (QED) is 0.768. The number of nitrogens with zero attached hydrogens (tertiary/aromatic N) is 1. The van der Waals surface area contributed by atoms with E-state index in [9.17, 15) is 13.5 Å². The van der Waals surface area contributed by atoms with E-state index in [1.54, 1.807) is 0 Å². The second-order valence-corrected chi connectivity index (χ2v) is 6.94. The molecular formula is C12H26N2O3S. The minimum atomic E-state index is -3.50. The van der Waals surface area contributed by atoms with E-state index in [1.165, 1.54) is 4.31 Å². The van der Waals surface area contributed by atoms with Gasteiger partial charge in [-0.2, -0.15) is 17.4 Å². The lowest BCUT2D eigenvalue weighted by molar-refractivity contribution is 0.152. The van der Waals surface area contributed by atoms with Gasteiger partial charge in [-0.15, -0.1) is 0 Å². The van der Waals surface area contributed by atoms with Crippen molar-refractivity contribution < 1.29 is 13.5 Å². The standard InChI is InChI=1S/C12H26N2O3S/c1-4-12(3,5-2)13-18(16,17)14-9-7-6-8-11(14)10-15/h11,13,15H,4-10H2,1-3H3. The normalized spacial score (nSPS) is 23.2. The van der Waals surface area contributed by atoms with Crippen LogP contribution in [0.3, 0.4) is 0 Å². The highest BCUT2D eigenvalue weighted by molar-refractivity contribution is 7.87. The molecule has 1 unspecified atom stereocenters. The Balaban J connectivity index is 2.84. The van der Waals surface area contributed by atoms with E-state index in [0.29, 0.717) is 6.54 Å². The van der Waals surface area contributed by atoms with Crippen LogP contribution in [0.15, 0.2) is 0 Å².